The number of carbonyl (C=O) groups is 3. The third-order valence-electron chi connectivity index (χ3n) is 5.14. The molecule has 0 atom stereocenters. The van der Waals surface area contributed by atoms with Crippen LogP contribution in [0.25, 0.3) is 0 Å². The Morgan fingerprint density at radius 2 is 1.28 bits per heavy atom. The zero-order valence-electron chi connectivity index (χ0n) is 18.2. The van der Waals surface area contributed by atoms with Gasteiger partial charge in [0.15, 0.2) is 5.50 Å². The van der Waals surface area contributed by atoms with Gasteiger partial charge in [0.1, 0.15) is 6.42 Å². The minimum Gasteiger partial charge on any atom is -0.355 e. The molecule has 0 aromatic carbocycles. The second-order valence-electron chi connectivity index (χ2n) is 7.95. The van der Waals surface area contributed by atoms with Crippen LogP contribution in [-0.2, 0) is 14.4 Å². The van der Waals surface area contributed by atoms with E-state index in [9.17, 15) is 14.4 Å². The molecule has 0 aliphatic carbocycles. The molecule has 0 saturated carbocycles. The number of hydrogen-bond donors (Lipinski definition) is 3. The summed E-state index contributed by atoms with van der Waals surface area (Å²) in [7, 11) is 0. The Kier molecular flexibility index (Phi) is 15.7. The van der Waals surface area contributed by atoms with Crippen molar-refractivity contribution in [2.24, 2.45) is 0 Å². The van der Waals surface area contributed by atoms with Crippen LogP contribution in [0.15, 0.2) is 0 Å². The van der Waals surface area contributed by atoms with E-state index in [2.05, 4.69) is 22.9 Å². The van der Waals surface area contributed by atoms with Crippen molar-refractivity contribution in [3.8, 4) is 0 Å². The van der Waals surface area contributed by atoms with E-state index >= 15 is 0 Å². The quantitative estimate of drug-likeness (QED) is 0.226. The number of unbranched alkanes of at least 4 members (excludes halogenated alkanes) is 13. The van der Waals surface area contributed by atoms with E-state index in [0.29, 0.717) is 6.54 Å². The number of carbonyl (C=O) groups excluding carboxylic acids is 3. The standard InChI is InChI=1S/C22H41N3O3S/c1-2-3-4-5-6-7-8-9-10-11-12-13-14-15-16-23-21(28)18-29-22-24-19(26)17-20(27)25-22/h22H,2-18H2,1H3,(H,23,28)(H,24,26)(H,25,27). The van der Waals surface area contributed by atoms with Gasteiger partial charge >= 0.3 is 0 Å². The highest BCUT2D eigenvalue weighted by atomic mass is 32.2. The predicted octanol–water partition coefficient (Wildman–Crippen LogP) is 4.24. The first-order chi connectivity index (χ1) is 14.1. The third kappa shape index (κ3) is 15.3. The van der Waals surface area contributed by atoms with Crippen LogP contribution >= 0.6 is 11.8 Å². The molecule has 6 nitrogen and oxygen atoms in total. The van der Waals surface area contributed by atoms with Gasteiger partial charge in [0.25, 0.3) is 0 Å². The van der Waals surface area contributed by atoms with Crippen LogP contribution in [-0.4, -0.2) is 35.5 Å². The fourth-order valence-corrected chi connectivity index (χ4v) is 4.27. The summed E-state index contributed by atoms with van der Waals surface area (Å²) in [4.78, 5) is 34.4. The third-order valence-corrected chi connectivity index (χ3v) is 6.14. The Labute approximate surface area is 181 Å². The van der Waals surface area contributed by atoms with Gasteiger partial charge in [-0.25, -0.2) is 0 Å². The first kappa shape index (κ1) is 25.8. The van der Waals surface area contributed by atoms with Crippen LogP contribution in [0.3, 0.4) is 0 Å². The number of hydrogen-bond acceptors (Lipinski definition) is 4. The molecule has 0 spiro atoms. The Hall–Kier alpha value is -1.24. The average molecular weight is 428 g/mol. The van der Waals surface area contributed by atoms with Gasteiger partial charge in [-0.3, -0.25) is 14.4 Å². The van der Waals surface area contributed by atoms with Crippen molar-refractivity contribution in [1.29, 1.82) is 0 Å². The van der Waals surface area contributed by atoms with Gasteiger partial charge in [0.05, 0.1) is 5.75 Å². The Bertz CT molecular complexity index is 458. The molecule has 0 bridgehead atoms. The maximum Gasteiger partial charge on any atom is 0.231 e. The molecule has 0 unspecified atom stereocenters. The first-order valence-corrected chi connectivity index (χ1v) is 12.6. The number of nitrogens with one attached hydrogen (secondary N) is 3. The summed E-state index contributed by atoms with van der Waals surface area (Å²) in [5.74, 6) is -0.425. The molecular formula is C22H41N3O3S. The van der Waals surface area contributed by atoms with Gasteiger partial charge in [0.2, 0.25) is 17.7 Å². The molecule has 1 saturated heterocycles. The number of thioether (sulfide) groups is 1. The second-order valence-corrected chi connectivity index (χ2v) is 9.04. The van der Waals surface area contributed by atoms with Gasteiger partial charge in [-0.15, -0.1) is 11.8 Å². The zero-order chi connectivity index (χ0) is 21.2. The molecular weight excluding hydrogens is 386 g/mol. The van der Waals surface area contributed by atoms with E-state index < -0.39 is 5.50 Å². The van der Waals surface area contributed by atoms with Crippen LogP contribution in [0.4, 0.5) is 0 Å². The van der Waals surface area contributed by atoms with Gasteiger partial charge in [-0.1, -0.05) is 90.4 Å². The number of rotatable bonds is 18. The van der Waals surface area contributed by atoms with E-state index in [0.717, 1.165) is 12.8 Å². The molecule has 0 aromatic rings. The average Bonchev–Trinajstić information content (AvgIpc) is 2.68. The maximum atomic E-state index is 11.8. The molecule has 7 heteroatoms. The lowest BCUT2D eigenvalue weighted by Crippen LogP contribution is -2.52. The highest BCUT2D eigenvalue weighted by Crippen LogP contribution is 2.13. The summed E-state index contributed by atoms with van der Waals surface area (Å²) in [6.45, 7) is 2.96. The molecule has 3 amide bonds. The first-order valence-electron chi connectivity index (χ1n) is 11.6. The maximum absolute atomic E-state index is 11.8. The van der Waals surface area contributed by atoms with Crippen molar-refractivity contribution in [3.05, 3.63) is 0 Å². The van der Waals surface area contributed by atoms with Gasteiger partial charge in [-0.2, -0.15) is 0 Å². The summed E-state index contributed by atoms with van der Waals surface area (Å²) in [5.41, 5.74) is -0.504. The monoisotopic (exact) mass is 427 g/mol. The lowest BCUT2D eigenvalue weighted by Gasteiger charge is -2.23. The predicted molar refractivity (Wildman–Crippen MR) is 120 cm³/mol. The Morgan fingerprint density at radius 1 is 0.828 bits per heavy atom. The second kappa shape index (κ2) is 17.6. The van der Waals surface area contributed by atoms with Crippen LogP contribution in [0.5, 0.6) is 0 Å². The SMILES string of the molecule is CCCCCCCCCCCCCCCCNC(=O)CSC1NC(=O)CC(=O)N1. The number of amides is 3. The summed E-state index contributed by atoms with van der Waals surface area (Å²) >= 11 is 1.22. The van der Waals surface area contributed by atoms with Crippen molar-refractivity contribution in [2.75, 3.05) is 12.3 Å². The minimum atomic E-state index is -0.504. The van der Waals surface area contributed by atoms with E-state index in [-0.39, 0.29) is 29.9 Å². The molecule has 168 valence electrons. The highest BCUT2D eigenvalue weighted by Gasteiger charge is 2.23. The summed E-state index contributed by atoms with van der Waals surface area (Å²) < 4.78 is 0. The van der Waals surface area contributed by atoms with Crippen molar-refractivity contribution in [3.63, 3.8) is 0 Å². The van der Waals surface area contributed by atoms with E-state index in [4.69, 9.17) is 0 Å². The normalized spacial score (nSPS) is 14.5. The van der Waals surface area contributed by atoms with Crippen LogP contribution < -0.4 is 16.0 Å². The molecule has 0 radical (unpaired) electrons. The molecule has 1 aliphatic rings. The van der Waals surface area contributed by atoms with E-state index in [1.54, 1.807) is 0 Å². The van der Waals surface area contributed by atoms with Crippen LogP contribution in [0.2, 0.25) is 0 Å². The molecule has 1 aliphatic heterocycles. The fraction of sp³-hybridized carbons (Fsp3) is 0.864. The van der Waals surface area contributed by atoms with Gasteiger partial charge in [0, 0.05) is 6.54 Å². The van der Waals surface area contributed by atoms with E-state index in [1.165, 1.54) is 88.8 Å². The Balaban J connectivity index is 1.81. The van der Waals surface area contributed by atoms with Crippen molar-refractivity contribution in [1.82, 2.24) is 16.0 Å². The molecule has 3 N–H and O–H groups in total. The molecule has 0 aromatic heterocycles. The summed E-state index contributed by atoms with van der Waals surface area (Å²) in [6, 6.07) is 0. The van der Waals surface area contributed by atoms with Gasteiger partial charge < -0.3 is 16.0 Å². The van der Waals surface area contributed by atoms with Crippen molar-refractivity contribution in [2.45, 2.75) is 109 Å². The largest absolute Gasteiger partial charge is 0.355 e. The molecule has 1 fully saturated rings. The zero-order valence-corrected chi connectivity index (χ0v) is 19.0. The molecule has 1 heterocycles. The topological polar surface area (TPSA) is 87.3 Å². The van der Waals surface area contributed by atoms with Crippen molar-refractivity contribution >= 4 is 29.5 Å². The minimum absolute atomic E-state index is 0.0567. The highest BCUT2D eigenvalue weighted by molar-refractivity contribution is 8.00. The molecule has 29 heavy (non-hydrogen) atoms. The smallest absolute Gasteiger partial charge is 0.231 e. The summed E-state index contributed by atoms with van der Waals surface area (Å²) in [6.07, 6.45) is 18.4. The van der Waals surface area contributed by atoms with Crippen molar-refractivity contribution < 1.29 is 14.4 Å². The lowest BCUT2D eigenvalue weighted by molar-refractivity contribution is -0.132. The van der Waals surface area contributed by atoms with E-state index in [1.807, 2.05) is 0 Å². The fourth-order valence-electron chi connectivity index (χ4n) is 3.42. The lowest BCUT2D eigenvalue weighted by atomic mass is 10.0. The van der Waals surface area contributed by atoms with Gasteiger partial charge in [-0.05, 0) is 6.42 Å². The molecule has 1 rings (SSSR count). The summed E-state index contributed by atoms with van der Waals surface area (Å²) in [5, 5.41) is 8.18. The van der Waals surface area contributed by atoms with Crippen LogP contribution in [0, 0.1) is 0 Å². The van der Waals surface area contributed by atoms with Crippen LogP contribution in [0.1, 0.15) is 103 Å². The Morgan fingerprint density at radius 3 is 1.76 bits per heavy atom.